The van der Waals surface area contributed by atoms with Gasteiger partial charge in [0.15, 0.2) is 15.5 Å². The van der Waals surface area contributed by atoms with Crippen molar-refractivity contribution in [2.24, 2.45) is 13.0 Å². The number of aryl methyl sites for hydroxylation is 1. The van der Waals surface area contributed by atoms with Gasteiger partial charge in [0.1, 0.15) is 18.3 Å². The van der Waals surface area contributed by atoms with Crippen LogP contribution in [0.4, 0.5) is 0 Å². The monoisotopic (exact) mass is 381 g/mol. The van der Waals surface area contributed by atoms with Gasteiger partial charge in [0, 0.05) is 19.6 Å². The standard InChI is InChI=1S/C16H23N5O4S/c1-11(2)7-21(12-4-5-26(24,25)9-12)14(22)8-20-10-17-15-13(16(20)23)6-18-19(15)3/h6,10-12H,4-5,7-9H2,1-3H3. The molecule has 3 heterocycles. The largest absolute Gasteiger partial charge is 0.337 e. The Labute approximate surface area is 151 Å². The van der Waals surface area contributed by atoms with Crippen LogP contribution in [0.3, 0.4) is 0 Å². The molecule has 0 aliphatic carbocycles. The second-order valence-electron chi connectivity index (χ2n) is 7.18. The zero-order valence-electron chi connectivity index (χ0n) is 15.1. The van der Waals surface area contributed by atoms with E-state index >= 15 is 0 Å². The number of hydrogen-bond acceptors (Lipinski definition) is 6. The van der Waals surface area contributed by atoms with Gasteiger partial charge in [0.05, 0.1) is 17.7 Å². The summed E-state index contributed by atoms with van der Waals surface area (Å²) >= 11 is 0. The average molecular weight is 381 g/mol. The van der Waals surface area contributed by atoms with Gasteiger partial charge < -0.3 is 4.90 Å². The molecule has 2 aromatic rings. The molecular weight excluding hydrogens is 358 g/mol. The third kappa shape index (κ3) is 3.64. The van der Waals surface area contributed by atoms with Crippen LogP contribution in [0.5, 0.6) is 0 Å². The van der Waals surface area contributed by atoms with Crippen LogP contribution in [0.15, 0.2) is 17.3 Å². The lowest BCUT2D eigenvalue weighted by atomic mass is 10.1. The molecule has 2 aromatic heterocycles. The lowest BCUT2D eigenvalue weighted by molar-refractivity contribution is -0.134. The minimum absolute atomic E-state index is 0.0136. The number of hydrogen-bond donors (Lipinski definition) is 0. The zero-order valence-corrected chi connectivity index (χ0v) is 15.9. The predicted octanol–water partition coefficient (Wildman–Crippen LogP) is -0.198. The number of amides is 1. The van der Waals surface area contributed by atoms with Gasteiger partial charge in [0.25, 0.3) is 5.56 Å². The Hall–Kier alpha value is -2.23. The molecule has 1 saturated heterocycles. The van der Waals surface area contributed by atoms with Crippen molar-refractivity contribution in [3.05, 3.63) is 22.9 Å². The molecule has 3 rings (SSSR count). The number of rotatable bonds is 5. The maximum Gasteiger partial charge on any atom is 0.264 e. The van der Waals surface area contributed by atoms with Gasteiger partial charge >= 0.3 is 0 Å². The fraction of sp³-hybridized carbons (Fsp3) is 0.625. The first-order valence-electron chi connectivity index (χ1n) is 8.55. The molecule has 1 aliphatic rings. The zero-order chi connectivity index (χ0) is 19.1. The van der Waals surface area contributed by atoms with E-state index in [4.69, 9.17) is 0 Å². The van der Waals surface area contributed by atoms with Crippen LogP contribution in [-0.4, -0.2) is 62.6 Å². The van der Waals surface area contributed by atoms with E-state index in [1.165, 1.54) is 21.8 Å². The van der Waals surface area contributed by atoms with Crippen molar-refractivity contribution in [3.8, 4) is 0 Å². The van der Waals surface area contributed by atoms with Gasteiger partial charge in [-0.1, -0.05) is 13.8 Å². The molecule has 1 fully saturated rings. The van der Waals surface area contributed by atoms with Crippen LogP contribution in [0, 0.1) is 5.92 Å². The van der Waals surface area contributed by atoms with Crippen LogP contribution >= 0.6 is 0 Å². The van der Waals surface area contributed by atoms with Crippen LogP contribution in [0.1, 0.15) is 20.3 Å². The molecule has 0 radical (unpaired) electrons. The Kier molecular flexibility index (Phi) is 4.87. The number of aromatic nitrogens is 4. The highest BCUT2D eigenvalue weighted by molar-refractivity contribution is 7.91. The summed E-state index contributed by atoms with van der Waals surface area (Å²) in [5.74, 6) is 0.00833. The van der Waals surface area contributed by atoms with E-state index in [0.29, 0.717) is 24.0 Å². The van der Waals surface area contributed by atoms with E-state index in [-0.39, 0.29) is 41.5 Å². The minimum Gasteiger partial charge on any atom is -0.337 e. The first-order chi connectivity index (χ1) is 12.2. The normalized spacial score (nSPS) is 19.3. The quantitative estimate of drug-likeness (QED) is 0.710. The third-order valence-electron chi connectivity index (χ3n) is 4.56. The van der Waals surface area contributed by atoms with Crippen LogP contribution in [0.2, 0.25) is 0 Å². The van der Waals surface area contributed by atoms with Gasteiger partial charge in [-0.2, -0.15) is 5.10 Å². The first kappa shape index (κ1) is 18.6. The van der Waals surface area contributed by atoms with Crippen LogP contribution < -0.4 is 5.56 Å². The fourth-order valence-electron chi connectivity index (χ4n) is 3.28. The van der Waals surface area contributed by atoms with Crippen molar-refractivity contribution in [2.45, 2.75) is 32.9 Å². The molecule has 9 nitrogen and oxygen atoms in total. The Morgan fingerprint density at radius 2 is 2.15 bits per heavy atom. The second kappa shape index (κ2) is 6.82. The highest BCUT2D eigenvalue weighted by Crippen LogP contribution is 2.19. The van der Waals surface area contributed by atoms with Crippen molar-refractivity contribution < 1.29 is 13.2 Å². The Morgan fingerprint density at radius 1 is 1.42 bits per heavy atom. The molecule has 0 N–H and O–H groups in total. The highest BCUT2D eigenvalue weighted by Gasteiger charge is 2.35. The van der Waals surface area contributed by atoms with E-state index in [9.17, 15) is 18.0 Å². The van der Waals surface area contributed by atoms with Crippen LogP contribution in [0.25, 0.3) is 11.0 Å². The number of fused-ring (bicyclic) bond motifs is 1. The SMILES string of the molecule is CC(C)CN(C(=O)Cn1cnc2c(cnn2C)c1=O)C1CCS(=O)(=O)C1. The number of carbonyl (C=O) groups is 1. The Bertz CT molecular complexity index is 992. The molecule has 1 unspecified atom stereocenters. The lowest BCUT2D eigenvalue weighted by Crippen LogP contribution is -2.45. The van der Waals surface area contributed by atoms with Gasteiger partial charge in [-0.25, -0.2) is 13.4 Å². The summed E-state index contributed by atoms with van der Waals surface area (Å²) in [4.78, 5) is 31.2. The molecule has 0 aromatic carbocycles. The summed E-state index contributed by atoms with van der Waals surface area (Å²) in [5.41, 5.74) is 0.125. The van der Waals surface area contributed by atoms with E-state index < -0.39 is 9.84 Å². The van der Waals surface area contributed by atoms with Gasteiger partial charge in [0.2, 0.25) is 5.91 Å². The summed E-state index contributed by atoms with van der Waals surface area (Å²) in [6.45, 7) is 4.23. The van der Waals surface area contributed by atoms with Crippen molar-refractivity contribution in [3.63, 3.8) is 0 Å². The topological polar surface area (TPSA) is 107 Å². The molecule has 26 heavy (non-hydrogen) atoms. The molecule has 0 saturated carbocycles. The highest BCUT2D eigenvalue weighted by atomic mass is 32.2. The summed E-state index contributed by atoms with van der Waals surface area (Å²) in [6.07, 6.45) is 3.21. The van der Waals surface area contributed by atoms with Crippen molar-refractivity contribution >= 4 is 26.8 Å². The minimum atomic E-state index is -3.10. The van der Waals surface area contributed by atoms with E-state index in [1.54, 1.807) is 11.9 Å². The van der Waals surface area contributed by atoms with Crippen molar-refractivity contribution in [1.82, 2.24) is 24.2 Å². The van der Waals surface area contributed by atoms with Gasteiger partial charge in [-0.05, 0) is 12.3 Å². The Balaban J connectivity index is 1.86. The van der Waals surface area contributed by atoms with E-state index in [1.807, 2.05) is 13.8 Å². The molecule has 0 spiro atoms. The number of carbonyl (C=O) groups excluding carboxylic acids is 1. The summed E-state index contributed by atoms with van der Waals surface area (Å²) in [5, 5.41) is 4.36. The molecule has 1 aliphatic heterocycles. The molecule has 142 valence electrons. The third-order valence-corrected chi connectivity index (χ3v) is 6.31. The predicted molar refractivity (Wildman–Crippen MR) is 96.4 cm³/mol. The smallest absolute Gasteiger partial charge is 0.264 e. The van der Waals surface area contributed by atoms with Crippen molar-refractivity contribution in [2.75, 3.05) is 18.1 Å². The first-order valence-corrected chi connectivity index (χ1v) is 10.4. The summed E-state index contributed by atoms with van der Waals surface area (Å²) in [6, 6.07) is -0.333. The van der Waals surface area contributed by atoms with E-state index in [2.05, 4.69) is 10.1 Å². The summed E-state index contributed by atoms with van der Waals surface area (Å²) < 4.78 is 26.4. The molecule has 0 bridgehead atoms. The van der Waals surface area contributed by atoms with Crippen LogP contribution in [-0.2, 0) is 28.2 Å². The lowest BCUT2D eigenvalue weighted by Gasteiger charge is -2.30. The molecule has 1 amide bonds. The molecule has 10 heteroatoms. The number of nitrogens with zero attached hydrogens (tertiary/aromatic N) is 5. The maximum absolute atomic E-state index is 12.9. The Morgan fingerprint density at radius 3 is 2.77 bits per heavy atom. The average Bonchev–Trinajstić information content (AvgIpc) is 3.10. The van der Waals surface area contributed by atoms with E-state index in [0.717, 1.165) is 0 Å². The fourth-order valence-corrected chi connectivity index (χ4v) is 5.02. The van der Waals surface area contributed by atoms with Gasteiger partial charge in [-0.15, -0.1) is 0 Å². The maximum atomic E-state index is 12.9. The second-order valence-corrected chi connectivity index (χ2v) is 9.41. The van der Waals surface area contributed by atoms with Gasteiger partial charge in [-0.3, -0.25) is 18.8 Å². The molecule has 1 atom stereocenters. The summed E-state index contributed by atoms with van der Waals surface area (Å²) in [7, 11) is -1.41. The van der Waals surface area contributed by atoms with Crippen molar-refractivity contribution in [1.29, 1.82) is 0 Å². The molecular formula is C16H23N5O4S. The number of sulfone groups is 1.